The summed E-state index contributed by atoms with van der Waals surface area (Å²) in [6.07, 6.45) is 3.71. The highest BCUT2D eigenvalue weighted by Gasteiger charge is 2.24. The van der Waals surface area contributed by atoms with Crippen LogP contribution in [0.15, 0.2) is 144 Å². The van der Waals surface area contributed by atoms with Crippen molar-refractivity contribution >= 4 is 41.2 Å². The Bertz CT molecular complexity index is 2290. The van der Waals surface area contributed by atoms with Crippen molar-refractivity contribution < 1.29 is 0 Å². The average Bonchev–Trinajstić information content (AvgIpc) is 3.15. The molecule has 0 aliphatic heterocycles. The predicted molar refractivity (Wildman–Crippen MR) is 195 cm³/mol. The minimum Gasteiger partial charge on any atom is -0.299 e. The largest absolute Gasteiger partial charge is 0.299 e. The SMILES string of the molecule is N=C1C=Cc2c(-c3ccccc3)nc3ccc(-c4ccc(-c5nc(-c6ccccc6)nc(-c6ccccc6)n5)cc4)cc3c2/C1=N/S. The van der Waals surface area contributed by atoms with Gasteiger partial charge in [-0.25, -0.2) is 24.3 Å². The molecule has 2 heterocycles. The topological polar surface area (TPSA) is 87.8 Å². The molecule has 0 amide bonds. The number of hydrogen-bond acceptors (Lipinski definition) is 7. The smallest absolute Gasteiger partial charge is 0.164 e. The van der Waals surface area contributed by atoms with Crippen molar-refractivity contribution in [1.82, 2.24) is 19.9 Å². The molecule has 0 unspecified atom stereocenters. The summed E-state index contributed by atoms with van der Waals surface area (Å²) in [6, 6.07) is 44.5. The number of rotatable bonds is 5. The molecule has 222 valence electrons. The Morgan fingerprint density at radius 1 is 0.489 bits per heavy atom. The van der Waals surface area contributed by atoms with E-state index in [-0.39, 0.29) is 0 Å². The lowest BCUT2D eigenvalue weighted by Crippen LogP contribution is -2.18. The summed E-state index contributed by atoms with van der Waals surface area (Å²) in [7, 11) is 0. The second-order valence-electron chi connectivity index (χ2n) is 11.2. The number of benzene rings is 5. The quantitative estimate of drug-likeness (QED) is 0.187. The Kier molecular flexibility index (Phi) is 7.28. The monoisotopic (exact) mass is 622 g/mol. The average molecular weight is 623 g/mol. The molecule has 5 aromatic carbocycles. The number of nitrogens with zero attached hydrogens (tertiary/aromatic N) is 5. The van der Waals surface area contributed by atoms with Gasteiger partial charge in [-0.05, 0) is 48.2 Å². The Morgan fingerprint density at radius 2 is 0.979 bits per heavy atom. The maximum absolute atomic E-state index is 8.59. The van der Waals surface area contributed by atoms with Gasteiger partial charge in [-0.15, -0.1) is 0 Å². The van der Waals surface area contributed by atoms with Crippen molar-refractivity contribution in [2.75, 3.05) is 0 Å². The highest BCUT2D eigenvalue weighted by Crippen LogP contribution is 2.36. The van der Waals surface area contributed by atoms with Crippen LogP contribution in [0.4, 0.5) is 0 Å². The number of aromatic nitrogens is 4. The Labute approximate surface area is 277 Å². The number of allylic oxidation sites excluding steroid dienone is 1. The van der Waals surface area contributed by atoms with Crippen LogP contribution in [-0.2, 0) is 0 Å². The Balaban J connectivity index is 1.22. The molecule has 7 aromatic rings. The van der Waals surface area contributed by atoms with Crippen molar-refractivity contribution in [3.05, 3.63) is 151 Å². The van der Waals surface area contributed by atoms with Crippen molar-refractivity contribution in [3.63, 3.8) is 0 Å². The summed E-state index contributed by atoms with van der Waals surface area (Å²) < 4.78 is 4.25. The highest BCUT2D eigenvalue weighted by atomic mass is 32.1. The van der Waals surface area contributed by atoms with Gasteiger partial charge in [0.15, 0.2) is 17.5 Å². The van der Waals surface area contributed by atoms with Crippen molar-refractivity contribution in [3.8, 4) is 56.5 Å². The third kappa shape index (κ3) is 5.32. The summed E-state index contributed by atoms with van der Waals surface area (Å²) in [4.78, 5) is 19.6. The van der Waals surface area contributed by atoms with Gasteiger partial charge in [0.1, 0.15) is 5.71 Å². The van der Waals surface area contributed by atoms with E-state index in [0.29, 0.717) is 28.9 Å². The first-order chi connectivity index (χ1) is 23.2. The molecule has 2 aromatic heterocycles. The summed E-state index contributed by atoms with van der Waals surface area (Å²) in [5.74, 6) is 1.86. The lowest BCUT2D eigenvalue weighted by Gasteiger charge is -2.20. The maximum atomic E-state index is 8.59. The zero-order valence-corrected chi connectivity index (χ0v) is 25.9. The summed E-state index contributed by atoms with van der Waals surface area (Å²) in [5, 5.41) is 9.50. The van der Waals surface area contributed by atoms with Crippen LogP contribution in [0.5, 0.6) is 0 Å². The number of thiol groups is 1. The molecule has 6 nitrogen and oxygen atoms in total. The highest BCUT2D eigenvalue weighted by molar-refractivity contribution is 7.79. The summed E-state index contributed by atoms with van der Waals surface area (Å²) in [6.45, 7) is 0. The van der Waals surface area contributed by atoms with Gasteiger partial charge in [0.2, 0.25) is 0 Å². The van der Waals surface area contributed by atoms with Gasteiger partial charge in [-0.1, -0.05) is 121 Å². The van der Waals surface area contributed by atoms with Crippen molar-refractivity contribution in [2.45, 2.75) is 0 Å². The third-order valence-electron chi connectivity index (χ3n) is 8.25. The van der Waals surface area contributed by atoms with Crippen LogP contribution in [0.2, 0.25) is 0 Å². The summed E-state index contributed by atoms with van der Waals surface area (Å²) >= 11 is 4.27. The van der Waals surface area contributed by atoms with Crippen molar-refractivity contribution in [1.29, 1.82) is 5.41 Å². The van der Waals surface area contributed by atoms with E-state index in [1.807, 2.05) is 115 Å². The van der Waals surface area contributed by atoms with E-state index >= 15 is 0 Å². The first kappa shape index (κ1) is 28.4. The van der Waals surface area contributed by atoms with Crippen LogP contribution in [0, 0.1) is 5.41 Å². The van der Waals surface area contributed by atoms with Gasteiger partial charge in [-0.2, -0.15) is 0 Å². The predicted octanol–water partition coefficient (Wildman–Crippen LogP) is 9.44. The van der Waals surface area contributed by atoms with E-state index < -0.39 is 0 Å². The molecule has 0 bridgehead atoms. The van der Waals surface area contributed by atoms with E-state index in [2.05, 4.69) is 41.5 Å². The second-order valence-corrected chi connectivity index (χ2v) is 11.4. The molecule has 1 aliphatic carbocycles. The van der Waals surface area contributed by atoms with Crippen molar-refractivity contribution in [2.24, 2.45) is 4.40 Å². The number of nitrogens with one attached hydrogen (secondary N) is 1. The molecule has 0 atom stereocenters. The fourth-order valence-corrected chi connectivity index (χ4v) is 6.13. The lowest BCUT2D eigenvalue weighted by molar-refractivity contribution is 1.07. The van der Waals surface area contributed by atoms with Gasteiger partial charge in [0, 0.05) is 38.8 Å². The van der Waals surface area contributed by atoms with E-state index in [9.17, 15) is 0 Å². The maximum Gasteiger partial charge on any atom is 0.164 e. The molecule has 0 radical (unpaired) electrons. The molecule has 7 heteroatoms. The molecule has 1 N–H and O–H groups in total. The molecule has 0 saturated heterocycles. The summed E-state index contributed by atoms with van der Waals surface area (Å²) in [5.41, 5.74) is 10.1. The Hall–Kier alpha value is -6.05. The van der Waals surface area contributed by atoms with Gasteiger partial charge < -0.3 is 0 Å². The molecule has 8 rings (SSSR count). The minimum absolute atomic E-state index is 0.316. The van der Waals surface area contributed by atoms with E-state index in [4.69, 9.17) is 25.3 Å². The zero-order valence-electron chi connectivity index (χ0n) is 25.0. The van der Waals surface area contributed by atoms with Gasteiger partial charge in [0.25, 0.3) is 0 Å². The van der Waals surface area contributed by atoms with Crippen LogP contribution in [0.25, 0.3) is 73.5 Å². The zero-order chi connectivity index (χ0) is 31.7. The van der Waals surface area contributed by atoms with E-state index in [1.54, 1.807) is 6.08 Å². The molecule has 1 aliphatic rings. The fourth-order valence-electron chi connectivity index (χ4n) is 5.92. The number of hydrogen-bond donors (Lipinski definition) is 2. The molecule has 0 fully saturated rings. The van der Waals surface area contributed by atoms with E-state index in [1.165, 1.54) is 0 Å². The van der Waals surface area contributed by atoms with Gasteiger partial charge >= 0.3 is 0 Å². The van der Waals surface area contributed by atoms with Crippen LogP contribution in [0.1, 0.15) is 11.1 Å². The number of fused-ring (bicyclic) bond motifs is 3. The van der Waals surface area contributed by atoms with Gasteiger partial charge in [0.05, 0.1) is 16.9 Å². The molecule has 0 saturated carbocycles. The molecular formula is C40H26N6S. The fraction of sp³-hybridized carbons (Fsp3) is 0. The normalized spacial score (nSPS) is 13.2. The van der Waals surface area contributed by atoms with Crippen LogP contribution in [0.3, 0.4) is 0 Å². The van der Waals surface area contributed by atoms with Gasteiger partial charge in [-0.3, -0.25) is 5.41 Å². The first-order valence-electron chi connectivity index (χ1n) is 15.2. The molecule has 47 heavy (non-hydrogen) atoms. The molecular weight excluding hydrogens is 597 g/mol. The Morgan fingerprint density at radius 3 is 1.53 bits per heavy atom. The van der Waals surface area contributed by atoms with E-state index in [0.717, 1.165) is 61.1 Å². The van der Waals surface area contributed by atoms with Crippen LogP contribution in [-0.4, -0.2) is 31.4 Å². The standard InChI is InChI=1S/C40H26N6S/c41-33-22-21-31-35(37(33)46-47)32-24-30(20-23-34(32)42-36(31)26-10-4-1-5-11-26)25-16-18-29(19-17-25)40-44-38(27-12-6-2-7-13-27)43-39(45-40)28-14-8-3-9-15-28/h1-24,41,47H/b41-33?,46-37+. The number of pyridine rings is 1. The first-order valence-corrected chi connectivity index (χ1v) is 15.6. The van der Waals surface area contributed by atoms with Crippen LogP contribution < -0.4 is 0 Å². The second kappa shape index (κ2) is 12.0. The molecule has 0 spiro atoms. The minimum atomic E-state index is 0.316. The lowest BCUT2D eigenvalue weighted by atomic mass is 9.87. The third-order valence-corrected chi connectivity index (χ3v) is 8.45. The van der Waals surface area contributed by atoms with Crippen LogP contribution >= 0.6 is 12.8 Å².